The van der Waals surface area contributed by atoms with Crippen molar-refractivity contribution in [3.63, 3.8) is 0 Å². The number of fused-ring (bicyclic) bond motifs is 1. The van der Waals surface area contributed by atoms with Gasteiger partial charge in [-0.05, 0) is 36.5 Å². The Kier molecular flexibility index (Phi) is 2.36. The lowest BCUT2D eigenvalue weighted by molar-refractivity contribution is 0.0966. The third-order valence-corrected chi connectivity index (χ3v) is 2.81. The topological polar surface area (TPSA) is 17.1 Å². The molecule has 0 bridgehead atoms. The highest BCUT2D eigenvalue weighted by Crippen LogP contribution is 2.24. The SMILES string of the molecule is CC1CCc2ccc(F)cc2C(=O)C1. The number of Topliss-reactive ketones (excluding diaryl/α,β-unsaturated/α-hetero) is 1. The molecule has 1 aromatic rings. The number of carbonyl (C=O) groups is 1. The summed E-state index contributed by atoms with van der Waals surface area (Å²) in [6, 6.07) is 4.54. The zero-order valence-corrected chi connectivity index (χ0v) is 8.22. The maximum atomic E-state index is 12.9. The van der Waals surface area contributed by atoms with Gasteiger partial charge >= 0.3 is 0 Å². The monoisotopic (exact) mass is 192 g/mol. The molecule has 0 amide bonds. The van der Waals surface area contributed by atoms with E-state index in [4.69, 9.17) is 0 Å². The summed E-state index contributed by atoms with van der Waals surface area (Å²) in [5.74, 6) is 0.189. The summed E-state index contributed by atoms with van der Waals surface area (Å²) in [5, 5.41) is 0. The second-order valence-electron chi connectivity index (χ2n) is 4.07. The Morgan fingerprint density at radius 3 is 3.00 bits per heavy atom. The van der Waals surface area contributed by atoms with Crippen molar-refractivity contribution in [1.82, 2.24) is 0 Å². The number of aryl methyl sites for hydroxylation is 1. The fourth-order valence-corrected chi connectivity index (χ4v) is 1.96. The van der Waals surface area contributed by atoms with Crippen molar-refractivity contribution >= 4 is 5.78 Å². The molecule has 1 aromatic carbocycles. The number of hydrogen-bond acceptors (Lipinski definition) is 1. The first-order chi connectivity index (χ1) is 6.66. The van der Waals surface area contributed by atoms with E-state index < -0.39 is 0 Å². The number of benzene rings is 1. The molecule has 0 heterocycles. The Morgan fingerprint density at radius 2 is 2.21 bits per heavy atom. The lowest BCUT2D eigenvalue weighted by atomic mass is 10.0. The highest BCUT2D eigenvalue weighted by molar-refractivity contribution is 5.97. The molecule has 1 aliphatic carbocycles. The van der Waals surface area contributed by atoms with Crippen LogP contribution in [0.1, 0.15) is 35.7 Å². The second-order valence-corrected chi connectivity index (χ2v) is 4.07. The number of carbonyl (C=O) groups excluding carboxylic acids is 1. The van der Waals surface area contributed by atoms with E-state index in [0.29, 0.717) is 17.9 Å². The molecular formula is C12H13FO. The Balaban J connectivity index is 2.44. The lowest BCUT2D eigenvalue weighted by Gasteiger charge is -2.03. The van der Waals surface area contributed by atoms with Crippen LogP contribution in [0, 0.1) is 11.7 Å². The van der Waals surface area contributed by atoms with Crippen LogP contribution in [-0.4, -0.2) is 5.78 Å². The zero-order chi connectivity index (χ0) is 10.1. The molecule has 0 fully saturated rings. The van der Waals surface area contributed by atoms with Crippen molar-refractivity contribution < 1.29 is 9.18 Å². The van der Waals surface area contributed by atoms with Gasteiger partial charge in [0, 0.05) is 12.0 Å². The number of hydrogen-bond donors (Lipinski definition) is 0. The van der Waals surface area contributed by atoms with Gasteiger partial charge in [-0.2, -0.15) is 0 Å². The summed E-state index contributed by atoms with van der Waals surface area (Å²) in [4.78, 5) is 11.7. The molecule has 0 saturated carbocycles. The Bertz CT molecular complexity index is 371. The molecule has 0 radical (unpaired) electrons. The molecule has 1 atom stereocenters. The van der Waals surface area contributed by atoms with Gasteiger partial charge in [-0.25, -0.2) is 4.39 Å². The summed E-state index contributed by atoms with van der Waals surface area (Å²) in [6.07, 6.45) is 2.46. The van der Waals surface area contributed by atoms with Crippen LogP contribution < -0.4 is 0 Å². The number of halogens is 1. The van der Waals surface area contributed by atoms with E-state index in [1.165, 1.54) is 12.1 Å². The van der Waals surface area contributed by atoms with Crippen LogP contribution in [0.4, 0.5) is 4.39 Å². The van der Waals surface area contributed by atoms with Gasteiger partial charge in [-0.1, -0.05) is 13.0 Å². The Labute approximate surface area is 82.9 Å². The van der Waals surface area contributed by atoms with Gasteiger partial charge in [-0.3, -0.25) is 4.79 Å². The molecule has 0 N–H and O–H groups in total. The molecular weight excluding hydrogens is 179 g/mol. The van der Waals surface area contributed by atoms with E-state index in [1.807, 2.05) is 0 Å². The van der Waals surface area contributed by atoms with Crippen molar-refractivity contribution in [2.24, 2.45) is 5.92 Å². The van der Waals surface area contributed by atoms with Gasteiger partial charge in [0.2, 0.25) is 0 Å². The predicted molar refractivity (Wildman–Crippen MR) is 52.8 cm³/mol. The van der Waals surface area contributed by atoms with Crippen LogP contribution in [0.5, 0.6) is 0 Å². The fourth-order valence-electron chi connectivity index (χ4n) is 1.96. The molecule has 1 unspecified atom stereocenters. The van der Waals surface area contributed by atoms with E-state index in [0.717, 1.165) is 18.4 Å². The fraction of sp³-hybridized carbons (Fsp3) is 0.417. The van der Waals surface area contributed by atoms with Gasteiger partial charge in [0.15, 0.2) is 5.78 Å². The van der Waals surface area contributed by atoms with E-state index in [1.54, 1.807) is 6.07 Å². The highest BCUT2D eigenvalue weighted by Gasteiger charge is 2.19. The van der Waals surface area contributed by atoms with Crippen molar-refractivity contribution in [3.8, 4) is 0 Å². The molecule has 2 heteroatoms. The third-order valence-electron chi connectivity index (χ3n) is 2.81. The number of rotatable bonds is 0. The van der Waals surface area contributed by atoms with Gasteiger partial charge in [0.25, 0.3) is 0 Å². The molecule has 0 saturated heterocycles. The quantitative estimate of drug-likeness (QED) is 0.577. The smallest absolute Gasteiger partial charge is 0.163 e. The standard InChI is InChI=1S/C12H13FO/c1-8-2-3-9-4-5-10(13)7-11(9)12(14)6-8/h4-5,7-8H,2-3,6H2,1H3. The van der Waals surface area contributed by atoms with Gasteiger partial charge in [0.1, 0.15) is 5.82 Å². The summed E-state index contributed by atoms with van der Waals surface area (Å²) < 4.78 is 12.9. The van der Waals surface area contributed by atoms with Crippen LogP contribution in [0.3, 0.4) is 0 Å². The number of ketones is 1. The van der Waals surface area contributed by atoms with E-state index in [2.05, 4.69) is 6.92 Å². The van der Waals surface area contributed by atoms with Gasteiger partial charge in [-0.15, -0.1) is 0 Å². The normalized spacial score (nSPS) is 21.6. The molecule has 1 nitrogen and oxygen atoms in total. The molecule has 14 heavy (non-hydrogen) atoms. The summed E-state index contributed by atoms with van der Waals surface area (Å²) >= 11 is 0. The lowest BCUT2D eigenvalue weighted by Crippen LogP contribution is -2.03. The molecule has 0 aliphatic heterocycles. The van der Waals surface area contributed by atoms with Crippen LogP contribution in [0.25, 0.3) is 0 Å². The summed E-state index contributed by atoms with van der Waals surface area (Å²) in [7, 11) is 0. The Morgan fingerprint density at radius 1 is 1.43 bits per heavy atom. The average molecular weight is 192 g/mol. The van der Waals surface area contributed by atoms with Crippen LogP contribution in [0.2, 0.25) is 0 Å². The van der Waals surface area contributed by atoms with E-state index >= 15 is 0 Å². The van der Waals surface area contributed by atoms with Gasteiger partial charge in [0.05, 0.1) is 0 Å². The Hall–Kier alpha value is -1.18. The maximum absolute atomic E-state index is 12.9. The van der Waals surface area contributed by atoms with Crippen molar-refractivity contribution in [2.45, 2.75) is 26.2 Å². The van der Waals surface area contributed by atoms with Crippen molar-refractivity contribution in [2.75, 3.05) is 0 Å². The summed E-state index contributed by atoms with van der Waals surface area (Å²) in [6.45, 7) is 2.07. The van der Waals surface area contributed by atoms with E-state index in [-0.39, 0.29) is 11.6 Å². The molecule has 1 aliphatic rings. The van der Waals surface area contributed by atoms with Crippen LogP contribution in [0.15, 0.2) is 18.2 Å². The second kappa shape index (κ2) is 3.52. The third kappa shape index (κ3) is 1.69. The minimum atomic E-state index is -0.313. The average Bonchev–Trinajstić information content (AvgIpc) is 2.27. The van der Waals surface area contributed by atoms with Crippen molar-refractivity contribution in [1.29, 1.82) is 0 Å². The van der Waals surface area contributed by atoms with Crippen molar-refractivity contribution in [3.05, 3.63) is 35.1 Å². The van der Waals surface area contributed by atoms with Crippen LogP contribution >= 0.6 is 0 Å². The highest BCUT2D eigenvalue weighted by atomic mass is 19.1. The first kappa shape index (κ1) is 9.38. The predicted octanol–water partition coefficient (Wildman–Crippen LogP) is 2.98. The molecule has 74 valence electrons. The largest absolute Gasteiger partial charge is 0.294 e. The zero-order valence-electron chi connectivity index (χ0n) is 8.22. The van der Waals surface area contributed by atoms with E-state index in [9.17, 15) is 9.18 Å². The minimum absolute atomic E-state index is 0.0875. The van der Waals surface area contributed by atoms with Crippen LogP contribution in [-0.2, 0) is 6.42 Å². The maximum Gasteiger partial charge on any atom is 0.163 e. The molecule has 0 aromatic heterocycles. The molecule has 2 rings (SSSR count). The first-order valence-electron chi connectivity index (χ1n) is 4.98. The van der Waals surface area contributed by atoms with Gasteiger partial charge < -0.3 is 0 Å². The molecule has 0 spiro atoms. The minimum Gasteiger partial charge on any atom is -0.294 e. The first-order valence-corrected chi connectivity index (χ1v) is 4.98. The summed E-state index contributed by atoms with van der Waals surface area (Å²) in [5.41, 5.74) is 1.59.